The molecule has 0 aliphatic heterocycles. The molecule has 6 nitrogen and oxygen atoms in total. The SMILES string of the molecule is Cc1cccc(O[C@@H](C)C(=O)N=Nc2c(O)[nH]c3cc(F)ccc23)c1C. The summed E-state index contributed by atoms with van der Waals surface area (Å²) in [6, 6.07) is 9.50. The number of aromatic amines is 1. The van der Waals surface area contributed by atoms with Gasteiger partial charge in [0.1, 0.15) is 11.6 Å². The molecule has 1 heterocycles. The van der Waals surface area contributed by atoms with Gasteiger partial charge in [-0.1, -0.05) is 12.1 Å². The van der Waals surface area contributed by atoms with Crippen molar-refractivity contribution >= 4 is 22.5 Å². The molecule has 0 saturated carbocycles. The number of carbonyl (C=O) groups excluding carboxylic acids is 1. The van der Waals surface area contributed by atoms with Crippen LogP contribution in [0.2, 0.25) is 0 Å². The van der Waals surface area contributed by atoms with Crippen LogP contribution in [0.5, 0.6) is 11.6 Å². The molecule has 3 rings (SSSR count). The normalized spacial score (nSPS) is 12.6. The van der Waals surface area contributed by atoms with Gasteiger partial charge in [-0.2, -0.15) is 0 Å². The minimum absolute atomic E-state index is 0.0762. The third kappa shape index (κ3) is 3.42. The van der Waals surface area contributed by atoms with Crippen molar-refractivity contribution in [3.8, 4) is 11.6 Å². The molecule has 0 bridgehead atoms. The highest BCUT2D eigenvalue weighted by molar-refractivity contribution is 5.94. The number of amides is 1. The molecule has 134 valence electrons. The van der Waals surface area contributed by atoms with Crippen LogP contribution in [-0.4, -0.2) is 22.1 Å². The number of rotatable bonds is 4. The molecule has 7 heteroatoms. The summed E-state index contributed by atoms with van der Waals surface area (Å²) < 4.78 is 18.9. The molecule has 2 N–H and O–H groups in total. The Balaban J connectivity index is 1.79. The molecule has 0 spiro atoms. The Morgan fingerprint density at radius 2 is 2.04 bits per heavy atom. The van der Waals surface area contributed by atoms with Crippen LogP contribution in [0.25, 0.3) is 10.9 Å². The lowest BCUT2D eigenvalue weighted by Gasteiger charge is -2.14. The Morgan fingerprint density at radius 1 is 1.27 bits per heavy atom. The topological polar surface area (TPSA) is 87.0 Å². The average Bonchev–Trinajstić information content (AvgIpc) is 2.90. The molecule has 0 aliphatic carbocycles. The number of carbonyl (C=O) groups is 1. The Morgan fingerprint density at radius 3 is 2.81 bits per heavy atom. The molecular formula is C19H18FN3O3. The van der Waals surface area contributed by atoms with Crippen molar-refractivity contribution in [3.05, 3.63) is 53.3 Å². The van der Waals surface area contributed by atoms with Crippen LogP contribution in [-0.2, 0) is 4.79 Å². The van der Waals surface area contributed by atoms with Gasteiger partial charge in [0.05, 0.1) is 5.52 Å². The van der Waals surface area contributed by atoms with Gasteiger partial charge >= 0.3 is 5.91 Å². The molecule has 26 heavy (non-hydrogen) atoms. The van der Waals surface area contributed by atoms with E-state index in [1.54, 1.807) is 13.0 Å². The van der Waals surface area contributed by atoms with Gasteiger partial charge < -0.3 is 14.8 Å². The van der Waals surface area contributed by atoms with E-state index in [1.165, 1.54) is 18.2 Å². The van der Waals surface area contributed by atoms with E-state index in [0.29, 0.717) is 16.7 Å². The number of aryl methyl sites for hydroxylation is 1. The van der Waals surface area contributed by atoms with Gasteiger partial charge in [0.2, 0.25) is 5.88 Å². The van der Waals surface area contributed by atoms with E-state index in [1.807, 2.05) is 26.0 Å². The molecule has 2 aromatic carbocycles. The zero-order valence-electron chi connectivity index (χ0n) is 14.6. The number of hydrogen-bond acceptors (Lipinski definition) is 4. The second-order valence-corrected chi connectivity index (χ2v) is 6.01. The summed E-state index contributed by atoms with van der Waals surface area (Å²) in [6.07, 6.45) is -0.843. The van der Waals surface area contributed by atoms with E-state index >= 15 is 0 Å². The van der Waals surface area contributed by atoms with Gasteiger partial charge in [-0.25, -0.2) is 4.39 Å². The minimum atomic E-state index is -0.843. The molecule has 1 aromatic heterocycles. The number of nitrogens with one attached hydrogen (secondary N) is 1. The highest BCUT2D eigenvalue weighted by atomic mass is 19.1. The zero-order chi connectivity index (χ0) is 18.8. The van der Waals surface area contributed by atoms with Crippen molar-refractivity contribution in [1.82, 2.24) is 4.98 Å². The number of fused-ring (bicyclic) bond motifs is 1. The fourth-order valence-electron chi connectivity index (χ4n) is 2.52. The third-order valence-electron chi connectivity index (χ3n) is 4.17. The zero-order valence-corrected chi connectivity index (χ0v) is 14.6. The molecule has 0 fully saturated rings. The van der Waals surface area contributed by atoms with Crippen LogP contribution in [0.1, 0.15) is 18.1 Å². The monoisotopic (exact) mass is 355 g/mol. The number of ether oxygens (including phenoxy) is 1. The van der Waals surface area contributed by atoms with E-state index in [9.17, 15) is 14.3 Å². The summed E-state index contributed by atoms with van der Waals surface area (Å²) in [7, 11) is 0. The standard InChI is InChI=1S/C19H18FN3O3/c1-10-5-4-6-16(11(10)2)26-12(3)18(24)23-22-17-14-8-7-13(20)9-15(14)21-19(17)25/h4-9,12,21,25H,1-3H3/t12-/m0/s1. The van der Waals surface area contributed by atoms with Crippen LogP contribution < -0.4 is 4.74 Å². The van der Waals surface area contributed by atoms with E-state index in [2.05, 4.69) is 15.2 Å². The minimum Gasteiger partial charge on any atom is -0.493 e. The molecule has 0 saturated heterocycles. The van der Waals surface area contributed by atoms with Crippen LogP contribution in [0.15, 0.2) is 46.6 Å². The predicted molar refractivity (Wildman–Crippen MR) is 95.5 cm³/mol. The van der Waals surface area contributed by atoms with Crippen LogP contribution in [0.4, 0.5) is 10.1 Å². The summed E-state index contributed by atoms with van der Waals surface area (Å²) in [4.78, 5) is 14.8. The first kappa shape index (κ1) is 17.6. The second-order valence-electron chi connectivity index (χ2n) is 6.01. The Kier molecular flexibility index (Phi) is 4.71. The number of H-pyrrole nitrogens is 1. The van der Waals surface area contributed by atoms with Gasteiger partial charge in [-0.15, -0.1) is 10.2 Å². The number of halogens is 1. The fourth-order valence-corrected chi connectivity index (χ4v) is 2.52. The Bertz CT molecular complexity index is 1010. The van der Waals surface area contributed by atoms with Gasteiger partial charge in [0.25, 0.3) is 0 Å². The van der Waals surface area contributed by atoms with Crippen molar-refractivity contribution in [3.63, 3.8) is 0 Å². The first-order valence-corrected chi connectivity index (χ1v) is 8.05. The lowest BCUT2D eigenvalue weighted by atomic mass is 10.1. The summed E-state index contributed by atoms with van der Waals surface area (Å²) in [5.41, 5.74) is 2.44. The number of aromatic nitrogens is 1. The van der Waals surface area contributed by atoms with E-state index < -0.39 is 17.8 Å². The Labute approximate surface area is 149 Å². The largest absolute Gasteiger partial charge is 0.493 e. The Hall–Kier alpha value is -3.22. The molecule has 1 atom stereocenters. The van der Waals surface area contributed by atoms with Gasteiger partial charge in [0, 0.05) is 5.39 Å². The quantitative estimate of drug-likeness (QED) is 0.665. The van der Waals surface area contributed by atoms with Crippen molar-refractivity contribution in [2.24, 2.45) is 10.2 Å². The second kappa shape index (κ2) is 6.95. The first-order chi connectivity index (χ1) is 12.4. The number of hydrogen-bond donors (Lipinski definition) is 2. The molecule has 3 aromatic rings. The number of nitrogens with zero attached hydrogens (tertiary/aromatic N) is 2. The summed E-state index contributed by atoms with van der Waals surface area (Å²) in [6.45, 7) is 5.44. The van der Waals surface area contributed by atoms with Crippen LogP contribution >= 0.6 is 0 Å². The molecular weight excluding hydrogens is 337 g/mol. The van der Waals surface area contributed by atoms with Gasteiger partial charge in [0.15, 0.2) is 11.8 Å². The lowest BCUT2D eigenvalue weighted by Crippen LogP contribution is -2.22. The third-order valence-corrected chi connectivity index (χ3v) is 4.17. The molecule has 0 unspecified atom stereocenters. The van der Waals surface area contributed by atoms with Crippen LogP contribution in [0.3, 0.4) is 0 Å². The number of azo groups is 1. The van der Waals surface area contributed by atoms with Gasteiger partial charge in [-0.05, 0) is 56.2 Å². The molecule has 0 aliphatic rings. The van der Waals surface area contributed by atoms with Crippen molar-refractivity contribution in [2.75, 3.05) is 0 Å². The highest BCUT2D eigenvalue weighted by Crippen LogP contribution is 2.35. The van der Waals surface area contributed by atoms with E-state index in [0.717, 1.165) is 11.1 Å². The number of aromatic hydroxyl groups is 1. The summed E-state index contributed by atoms with van der Waals surface area (Å²) in [5.74, 6) is -0.729. The average molecular weight is 355 g/mol. The van der Waals surface area contributed by atoms with E-state index in [-0.39, 0.29) is 11.6 Å². The molecule has 1 amide bonds. The van der Waals surface area contributed by atoms with Gasteiger partial charge in [-0.3, -0.25) is 4.79 Å². The highest BCUT2D eigenvalue weighted by Gasteiger charge is 2.17. The summed E-state index contributed by atoms with van der Waals surface area (Å²) in [5, 5.41) is 17.8. The summed E-state index contributed by atoms with van der Waals surface area (Å²) >= 11 is 0. The van der Waals surface area contributed by atoms with Crippen molar-refractivity contribution in [1.29, 1.82) is 0 Å². The maximum atomic E-state index is 13.2. The fraction of sp³-hybridized carbons (Fsp3) is 0.211. The van der Waals surface area contributed by atoms with Crippen molar-refractivity contribution in [2.45, 2.75) is 26.9 Å². The van der Waals surface area contributed by atoms with Crippen LogP contribution in [0, 0.1) is 19.7 Å². The number of benzene rings is 2. The predicted octanol–water partition coefficient (Wildman–Crippen LogP) is 4.71. The lowest BCUT2D eigenvalue weighted by molar-refractivity contribution is -0.124. The maximum Gasteiger partial charge on any atom is 0.304 e. The maximum absolute atomic E-state index is 13.2. The molecule has 0 radical (unpaired) electrons. The van der Waals surface area contributed by atoms with Crippen molar-refractivity contribution < 1.29 is 19.0 Å². The smallest absolute Gasteiger partial charge is 0.304 e. The van der Waals surface area contributed by atoms with E-state index in [4.69, 9.17) is 4.74 Å². The first-order valence-electron chi connectivity index (χ1n) is 8.05.